The van der Waals surface area contributed by atoms with Gasteiger partial charge in [-0.3, -0.25) is 4.68 Å². The molecular weight excluding hydrogens is 386 g/mol. The number of methoxy groups -OCH3 is 1. The van der Waals surface area contributed by atoms with Crippen molar-refractivity contribution >= 4 is 0 Å². The van der Waals surface area contributed by atoms with E-state index < -0.39 is 0 Å². The van der Waals surface area contributed by atoms with Gasteiger partial charge < -0.3 is 14.8 Å². The molecule has 4 rings (SSSR count). The topological polar surface area (TPSA) is 48.3 Å². The van der Waals surface area contributed by atoms with Crippen molar-refractivity contribution in [3.8, 4) is 11.5 Å². The third-order valence-corrected chi connectivity index (χ3v) is 5.05. The molecule has 0 bridgehead atoms. The first-order valence-electron chi connectivity index (χ1n) is 10.4. The van der Waals surface area contributed by atoms with E-state index in [0.29, 0.717) is 6.61 Å². The van der Waals surface area contributed by atoms with Gasteiger partial charge in [-0.15, -0.1) is 0 Å². The third-order valence-electron chi connectivity index (χ3n) is 5.05. The molecule has 1 heterocycles. The molecular formula is C26H27N3O2. The summed E-state index contributed by atoms with van der Waals surface area (Å²) in [5.41, 5.74) is 4.77. The summed E-state index contributed by atoms with van der Waals surface area (Å²) in [6, 6.07) is 26.8. The van der Waals surface area contributed by atoms with Crippen LogP contribution in [0.4, 0.5) is 0 Å². The summed E-state index contributed by atoms with van der Waals surface area (Å²) >= 11 is 0. The van der Waals surface area contributed by atoms with Crippen molar-refractivity contribution in [1.29, 1.82) is 0 Å². The molecule has 5 nitrogen and oxygen atoms in total. The number of ether oxygens (including phenoxy) is 2. The van der Waals surface area contributed by atoms with Crippen LogP contribution in [-0.2, 0) is 26.2 Å². The number of nitrogens with zero attached hydrogens (tertiary/aromatic N) is 2. The molecule has 31 heavy (non-hydrogen) atoms. The summed E-state index contributed by atoms with van der Waals surface area (Å²) in [6.07, 6.45) is 3.78. The van der Waals surface area contributed by atoms with Crippen LogP contribution in [0.25, 0.3) is 0 Å². The monoisotopic (exact) mass is 413 g/mol. The minimum atomic E-state index is 0.513. The molecule has 3 aromatic carbocycles. The first-order valence-corrected chi connectivity index (χ1v) is 10.4. The molecule has 0 atom stereocenters. The van der Waals surface area contributed by atoms with Crippen molar-refractivity contribution in [3.05, 3.63) is 114 Å². The van der Waals surface area contributed by atoms with E-state index in [-0.39, 0.29) is 0 Å². The van der Waals surface area contributed by atoms with Crippen molar-refractivity contribution in [3.63, 3.8) is 0 Å². The smallest absolute Gasteiger partial charge is 0.161 e. The SMILES string of the molecule is COc1ccc(CNCc2ccc(Cn3cccn3)cc2)cc1OCc1ccccc1. The predicted molar refractivity (Wildman–Crippen MR) is 122 cm³/mol. The van der Waals surface area contributed by atoms with Gasteiger partial charge in [0.1, 0.15) is 6.61 Å². The van der Waals surface area contributed by atoms with E-state index in [2.05, 4.69) is 52.9 Å². The Bertz CT molecular complexity index is 1060. The maximum Gasteiger partial charge on any atom is 0.161 e. The van der Waals surface area contributed by atoms with E-state index >= 15 is 0 Å². The molecule has 0 radical (unpaired) electrons. The second kappa shape index (κ2) is 10.5. The van der Waals surface area contributed by atoms with Crippen LogP contribution in [0.3, 0.4) is 0 Å². The summed E-state index contributed by atoms with van der Waals surface area (Å²) in [5.74, 6) is 1.50. The molecule has 0 saturated carbocycles. The Hall–Kier alpha value is -3.57. The third kappa shape index (κ3) is 5.96. The van der Waals surface area contributed by atoms with Gasteiger partial charge in [0.05, 0.1) is 13.7 Å². The highest BCUT2D eigenvalue weighted by atomic mass is 16.5. The van der Waals surface area contributed by atoms with E-state index in [4.69, 9.17) is 9.47 Å². The largest absolute Gasteiger partial charge is 0.493 e. The molecule has 1 N–H and O–H groups in total. The van der Waals surface area contributed by atoms with Crippen LogP contribution in [0.1, 0.15) is 22.3 Å². The summed E-state index contributed by atoms with van der Waals surface area (Å²) in [4.78, 5) is 0. The second-order valence-electron chi connectivity index (χ2n) is 7.38. The van der Waals surface area contributed by atoms with Gasteiger partial charge in [-0.05, 0) is 40.5 Å². The van der Waals surface area contributed by atoms with Gasteiger partial charge in [-0.1, -0.05) is 60.7 Å². The number of aromatic nitrogens is 2. The summed E-state index contributed by atoms with van der Waals surface area (Å²) in [6.45, 7) is 2.85. The lowest BCUT2D eigenvalue weighted by atomic mass is 10.1. The van der Waals surface area contributed by atoms with Gasteiger partial charge in [0.25, 0.3) is 0 Å². The van der Waals surface area contributed by atoms with Gasteiger partial charge >= 0.3 is 0 Å². The predicted octanol–water partition coefficient (Wildman–Crippen LogP) is 4.81. The highest BCUT2D eigenvalue weighted by Crippen LogP contribution is 2.29. The standard InChI is InChI=1S/C26H27N3O2/c1-30-25-13-12-24(16-26(25)31-20-23-6-3-2-4-7-23)18-27-17-21-8-10-22(11-9-21)19-29-15-5-14-28-29/h2-16,27H,17-20H2,1H3. The van der Waals surface area contributed by atoms with E-state index in [0.717, 1.165) is 42.3 Å². The molecule has 0 spiro atoms. The van der Waals surface area contributed by atoms with Crippen molar-refractivity contribution in [1.82, 2.24) is 15.1 Å². The fraction of sp³-hybridized carbons (Fsp3) is 0.192. The van der Waals surface area contributed by atoms with Crippen molar-refractivity contribution in [2.75, 3.05) is 7.11 Å². The highest BCUT2D eigenvalue weighted by molar-refractivity contribution is 5.43. The molecule has 0 unspecified atom stereocenters. The lowest BCUT2D eigenvalue weighted by molar-refractivity contribution is 0.284. The number of hydrogen-bond donors (Lipinski definition) is 1. The Morgan fingerprint density at radius 1 is 0.774 bits per heavy atom. The zero-order chi connectivity index (χ0) is 21.3. The van der Waals surface area contributed by atoms with Gasteiger partial charge in [0.15, 0.2) is 11.5 Å². The molecule has 5 heteroatoms. The minimum Gasteiger partial charge on any atom is -0.493 e. The zero-order valence-corrected chi connectivity index (χ0v) is 17.7. The van der Waals surface area contributed by atoms with Gasteiger partial charge in [0.2, 0.25) is 0 Å². The number of benzene rings is 3. The molecule has 0 saturated heterocycles. The number of rotatable bonds is 10. The van der Waals surface area contributed by atoms with Crippen molar-refractivity contribution < 1.29 is 9.47 Å². The fourth-order valence-corrected chi connectivity index (χ4v) is 3.37. The van der Waals surface area contributed by atoms with Crippen molar-refractivity contribution in [2.45, 2.75) is 26.2 Å². The average Bonchev–Trinajstić information content (AvgIpc) is 3.33. The first kappa shape index (κ1) is 20.7. The maximum atomic E-state index is 6.02. The Morgan fingerprint density at radius 3 is 2.26 bits per heavy atom. The van der Waals surface area contributed by atoms with Crippen LogP contribution in [0.2, 0.25) is 0 Å². The summed E-state index contributed by atoms with van der Waals surface area (Å²) in [7, 11) is 1.67. The molecule has 0 aliphatic rings. The second-order valence-corrected chi connectivity index (χ2v) is 7.38. The van der Waals surface area contributed by atoms with Gasteiger partial charge in [0, 0.05) is 25.5 Å². The molecule has 1 aromatic heterocycles. The van der Waals surface area contributed by atoms with Crippen molar-refractivity contribution in [2.24, 2.45) is 0 Å². The minimum absolute atomic E-state index is 0.513. The average molecular weight is 414 g/mol. The highest BCUT2D eigenvalue weighted by Gasteiger charge is 2.07. The van der Waals surface area contributed by atoms with Crippen LogP contribution < -0.4 is 14.8 Å². The normalized spacial score (nSPS) is 10.7. The van der Waals surface area contributed by atoms with Crippen LogP contribution in [0.5, 0.6) is 11.5 Å². The molecule has 4 aromatic rings. The van der Waals surface area contributed by atoms with Gasteiger partial charge in [-0.2, -0.15) is 5.10 Å². The Morgan fingerprint density at radius 2 is 1.52 bits per heavy atom. The van der Waals surface area contributed by atoms with Gasteiger partial charge in [-0.25, -0.2) is 0 Å². The van der Waals surface area contributed by atoms with E-state index in [1.54, 1.807) is 13.3 Å². The molecule has 0 fully saturated rings. The number of nitrogens with one attached hydrogen (secondary N) is 1. The maximum absolute atomic E-state index is 6.02. The van der Waals surface area contributed by atoms with Crippen LogP contribution in [0.15, 0.2) is 91.3 Å². The Balaban J connectivity index is 1.30. The molecule has 158 valence electrons. The van der Waals surface area contributed by atoms with Crippen LogP contribution in [-0.4, -0.2) is 16.9 Å². The quantitative estimate of drug-likeness (QED) is 0.405. The zero-order valence-electron chi connectivity index (χ0n) is 17.7. The summed E-state index contributed by atoms with van der Waals surface area (Å²) in [5, 5.41) is 7.76. The lowest BCUT2D eigenvalue weighted by Crippen LogP contribution is -2.13. The lowest BCUT2D eigenvalue weighted by Gasteiger charge is -2.13. The first-order chi connectivity index (χ1) is 15.3. The Kier molecular flexibility index (Phi) is 6.98. The van der Waals surface area contributed by atoms with E-state index in [1.807, 2.05) is 47.3 Å². The fourth-order valence-electron chi connectivity index (χ4n) is 3.37. The molecule has 0 aliphatic heterocycles. The Labute approximate surface area is 183 Å². The number of hydrogen-bond acceptors (Lipinski definition) is 4. The molecule has 0 aliphatic carbocycles. The summed E-state index contributed by atoms with van der Waals surface area (Å²) < 4.78 is 13.4. The van der Waals surface area contributed by atoms with Crippen LogP contribution >= 0.6 is 0 Å². The molecule has 0 amide bonds. The van der Waals surface area contributed by atoms with E-state index in [1.165, 1.54) is 11.1 Å². The van der Waals surface area contributed by atoms with E-state index in [9.17, 15) is 0 Å². The van der Waals surface area contributed by atoms with Crippen LogP contribution in [0, 0.1) is 0 Å².